The minimum absolute atomic E-state index is 0.129. The van der Waals surface area contributed by atoms with Gasteiger partial charge in [-0.15, -0.1) is 0 Å². The Morgan fingerprint density at radius 3 is 2.79 bits per heavy atom. The van der Waals surface area contributed by atoms with Gasteiger partial charge in [-0.05, 0) is 19.9 Å². The highest BCUT2D eigenvalue weighted by Crippen LogP contribution is 2.24. The standard InChI is InChI=1S/C12H16N2/c1-9-8-12(2,3)14-11-7-5-4-6-10(11)13-9/h4-7,14H,8H2,1-3H3/p+1. The van der Waals surface area contributed by atoms with Gasteiger partial charge in [-0.25, -0.2) is 4.99 Å². The third-order valence-electron chi connectivity index (χ3n) is 2.46. The van der Waals surface area contributed by atoms with E-state index >= 15 is 0 Å². The van der Waals surface area contributed by atoms with Crippen LogP contribution in [-0.4, -0.2) is 11.3 Å². The molecule has 0 bridgehead atoms. The maximum Gasteiger partial charge on any atom is 0.226 e. The molecule has 0 atom stereocenters. The van der Waals surface area contributed by atoms with E-state index in [1.807, 2.05) is 0 Å². The smallest absolute Gasteiger partial charge is 0.226 e. The second-order valence-corrected chi connectivity index (χ2v) is 4.64. The number of benzene rings is 1. The molecule has 2 N–H and O–H groups in total. The van der Waals surface area contributed by atoms with E-state index in [1.54, 1.807) is 0 Å². The highest BCUT2D eigenvalue weighted by Gasteiger charge is 2.26. The molecular formula is C12H17N2+. The van der Waals surface area contributed by atoms with Crippen LogP contribution in [0.5, 0.6) is 0 Å². The van der Waals surface area contributed by atoms with Crippen LogP contribution in [0.25, 0.3) is 0 Å². The molecule has 0 aliphatic carbocycles. The number of hydrogen-bond acceptors (Lipinski definition) is 1. The van der Waals surface area contributed by atoms with Crippen LogP contribution in [0.4, 0.5) is 11.4 Å². The maximum absolute atomic E-state index is 3.55. The molecular weight excluding hydrogens is 172 g/mol. The van der Waals surface area contributed by atoms with Gasteiger partial charge in [0.15, 0.2) is 5.71 Å². The number of anilines is 1. The Balaban J connectivity index is 2.49. The highest BCUT2D eigenvalue weighted by atomic mass is 15.0. The summed E-state index contributed by atoms with van der Waals surface area (Å²) in [7, 11) is 0. The van der Waals surface area contributed by atoms with Gasteiger partial charge in [-0.3, -0.25) is 0 Å². The molecule has 2 heteroatoms. The van der Waals surface area contributed by atoms with Crippen molar-refractivity contribution in [3.05, 3.63) is 24.3 Å². The fourth-order valence-corrected chi connectivity index (χ4v) is 2.05. The molecule has 74 valence electrons. The van der Waals surface area contributed by atoms with Crippen molar-refractivity contribution in [2.45, 2.75) is 32.7 Å². The summed E-state index contributed by atoms with van der Waals surface area (Å²) in [5.41, 5.74) is 3.81. The summed E-state index contributed by atoms with van der Waals surface area (Å²) in [6, 6.07) is 8.33. The molecule has 1 aromatic carbocycles. The van der Waals surface area contributed by atoms with Crippen LogP contribution >= 0.6 is 0 Å². The van der Waals surface area contributed by atoms with Gasteiger partial charge in [0, 0.05) is 18.5 Å². The lowest BCUT2D eigenvalue weighted by Gasteiger charge is -2.23. The van der Waals surface area contributed by atoms with Crippen molar-refractivity contribution in [2.75, 3.05) is 5.32 Å². The summed E-state index contributed by atoms with van der Waals surface area (Å²) in [4.78, 5) is 3.43. The van der Waals surface area contributed by atoms with Crippen molar-refractivity contribution in [1.29, 1.82) is 0 Å². The zero-order valence-electron chi connectivity index (χ0n) is 9.02. The van der Waals surface area contributed by atoms with Crippen LogP contribution in [-0.2, 0) is 0 Å². The molecule has 2 rings (SSSR count). The van der Waals surface area contributed by atoms with Crippen molar-refractivity contribution < 1.29 is 4.99 Å². The van der Waals surface area contributed by atoms with E-state index in [2.05, 4.69) is 55.3 Å². The van der Waals surface area contributed by atoms with Crippen molar-refractivity contribution in [3.8, 4) is 0 Å². The lowest BCUT2D eigenvalue weighted by atomic mass is 9.98. The summed E-state index contributed by atoms with van der Waals surface area (Å²) in [5, 5.41) is 3.55. The van der Waals surface area contributed by atoms with Gasteiger partial charge in [0.1, 0.15) is 5.69 Å². The Labute approximate surface area is 85.1 Å². The van der Waals surface area contributed by atoms with Crippen LogP contribution in [0, 0.1) is 0 Å². The Morgan fingerprint density at radius 1 is 1.29 bits per heavy atom. The first-order valence-corrected chi connectivity index (χ1v) is 5.03. The molecule has 14 heavy (non-hydrogen) atoms. The largest absolute Gasteiger partial charge is 0.374 e. The number of para-hydroxylation sites is 2. The van der Waals surface area contributed by atoms with Crippen molar-refractivity contribution >= 4 is 17.1 Å². The van der Waals surface area contributed by atoms with Crippen molar-refractivity contribution in [3.63, 3.8) is 0 Å². The molecule has 1 aliphatic rings. The zero-order valence-corrected chi connectivity index (χ0v) is 9.02. The van der Waals surface area contributed by atoms with E-state index < -0.39 is 0 Å². The van der Waals surface area contributed by atoms with E-state index in [4.69, 9.17) is 0 Å². The minimum Gasteiger partial charge on any atom is -0.374 e. The van der Waals surface area contributed by atoms with Gasteiger partial charge in [-0.1, -0.05) is 12.1 Å². The number of nitrogens with one attached hydrogen (secondary N) is 2. The summed E-state index contributed by atoms with van der Waals surface area (Å²) >= 11 is 0. The summed E-state index contributed by atoms with van der Waals surface area (Å²) in [6.07, 6.45) is 1.04. The number of fused-ring (bicyclic) bond motifs is 1. The average molecular weight is 189 g/mol. The Kier molecular flexibility index (Phi) is 2.06. The van der Waals surface area contributed by atoms with Crippen LogP contribution in [0.3, 0.4) is 0 Å². The lowest BCUT2D eigenvalue weighted by molar-refractivity contribution is -0.354. The highest BCUT2D eigenvalue weighted by molar-refractivity contribution is 5.81. The van der Waals surface area contributed by atoms with Gasteiger partial charge in [0.25, 0.3) is 0 Å². The molecule has 0 amide bonds. The topological polar surface area (TPSA) is 26.0 Å². The van der Waals surface area contributed by atoms with E-state index in [0.717, 1.165) is 6.42 Å². The SMILES string of the molecule is CC1=[NH+]c2ccccc2NC(C)(C)C1. The first kappa shape index (κ1) is 9.25. The average Bonchev–Trinajstić information content (AvgIpc) is 2.16. The van der Waals surface area contributed by atoms with Crippen LogP contribution in [0.1, 0.15) is 27.2 Å². The normalized spacial score (nSPS) is 18.9. The van der Waals surface area contributed by atoms with Crippen molar-refractivity contribution in [2.24, 2.45) is 0 Å². The second kappa shape index (κ2) is 3.12. The minimum atomic E-state index is 0.129. The summed E-state index contributed by atoms with van der Waals surface area (Å²) in [6.45, 7) is 6.59. The quantitative estimate of drug-likeness (QED) is 0.635. The lowest BCUT2D eigenvalue weighted by Crippen LogP contribution is -2.65. The van der Waals surface area contributed by atoms with Crippen LogP contribution in [0.15, 0.2) is 24.3 Å². The maximum atomic E-state index is 3.55. The molecule has 0 radical (unpaired) electrons. The molecule has 0 unspecified atom stereocenters. The zero-order chi connectivity index (χ0) is 10.2. The fourth-order valence-electron chi connectivity index (χ4n) is 2.05. The van der Waals surface area contributed by atoms with Crippen molar-refractivity contribution in [1.82, 2.24) is 0 Å². The molecule has 1 heterocycles. The Bertz CT molecular complexity index is 378. The van der Waals surface area contributed by atoms with Crippen LogP contribution < -0.4 is 10.3 Å². The van der Waals surface area contributed by atoms with Crippen LogP contribution in [0.2, 0.25) is 0 Å². The molecule has 0 saturated carbocycles. The van der Waals surface area contributed by atoms with Gasteiger partial charge in [0.2, 0.25) is 5.69 Å². The van der Waals surface area contributed by atoms with Gasteiger partial charge in [0.05, 0.1) is 6.42 Å². The third-order valence-corrected chi connectivity index (χ3v) is 2.46. The molecule has 2 nitrogen and oxygen atoms in total. The molecule has 1 aliphatic heterocycles. The predicted octanol–water partition coefficient (Wildman–Crippen LogP) is 1.45. The number of rotatable bonds is 0. The number of hydrogen-bond donors (Lipinski definition) is 2. The summed E-state index contributed by atoms with van der Waals surface area (Å²) < 4.78 is 0. The molecule has 0 saturated heterocycles. The van der Waals surface area contributed by atoms with E-state index in [1.165, 1.54) is 17.1 Å². The van der Waals surface area contributed by atoms with Gasteiger partial charge < -0.3 is 5.32 Å². The summed E-state index contributed by atoms with van der Waals surface area (Å²) in [5.74, 6) is 0. The molecule has 0 fully saturated rings. The third kappa shape index (κ3) is 1.79. The fraction of sp³-hybridized carbons (Fsp3) is 0.417. The first-order valence-electron chi connectivity index (χ1n) is 5.03. The second-order valence-electron chi connectivity index (χ2n) is 4.64. The Morgan fingerprint density at radius 2 is 2.00 bits per heavy atom. The molecule has 1 aromatic rings. The van der Waals surface area contributed by atoms with Gasteiger partial charge >= 0.3 is 0 Å². The van der Waals surface area contributed by atoms with Gasteiger partial charge in [-0.2, -0.15) is 0 Å². The predicted molar refractivity (Wildman–Crippen MR) is 60.1 cm³/mol. The monoisotopic (exact) mass is 189 g/mol. The van der Waals surface area contributed by atoms with E-state index in [-0.39, 0.29) is 5.54 Å². The molecule has 0 aromatic heterocycles. The Hall–Kier alpha value is -1.31. The van der Waals surface area contributed by atoms with E-state index in [9.17, 15) is 0 Å². The van der Waals surface area contributed by atoms with E-state index in [0.29, 0.717) is 0 Å². The first-order chi connectivity index (χ1) is 6.57. The molecule has 0 spiro atoms.